The van der Waals surface area contributed by atoms with Gasteiger partial charge in [-0.1, -0.05) is 13.8 Å². The van der Waals surface area contributed by atoms with Crippen LogP contribution in [0.5, 0.6) is 0 Å². The van der Waals surface area contributed by atoms with Crippen LogP contribution in [0, 0.1) is 5.92 Å². The molecule has 0 fully saturated rings. The summed E-state index contributed by atoms with van der Waals surface area (Å²) < 4.78 is 1.92. The van der Waals surface area contributed by atoms with Crippen LogP contribution in [0.15, 0.2) is 24.7 Å². The Kier molecular flexibility index (Phi) is 5.29. The SMILES string of the molecule is CC(C)C(C)(CN)NCc1cn2cccnc2n1.Cl. The Labute approximate surface area is 120 Å². The fraction of sp³-hybridized carbons (Fsp3) is 0.538. The first-order valence-corrected chi connectivity index (χ1v) is 6.29. The zero-order valence-corrected chi connectivity index (χ0v) is 12.4. The third-order valence-electron chi connectivity index (χ3n) is 3.66. The maximum atomic E-state index is 5.85. The van der Waals surface area contributed by atoms with E-state index in [9.17, 15) is 0 Å². The molecule has 6 heteroatoms. The van der Waals surface area contributed by atoms with Gasteiger partial charge in [0.2, 0.25) is 5.78 Å². The average Bonchev–Trinajstić information content (AvgIpc) is 2.78. The van der Waals surface area contributed by atoms with Crippen LogP contribution in [-0.2, 0) is 6.54 Å². The highest BCUT2D eigenvalue weighted by Crippen LogP contribution is 2.15. The highest BCUT2D eigenvalue weighted by Gasteiger charge is 2.25. The summed E-state index contributed by atoms with van der Waals surface area (Å²) in [7, 11) is 0. The van der Waals surface area contributed by atoms with E-state index in [-0.39, 0.29) is 17.9 Å². The normalized spacial score (nSPS) is 14.4. The third-order valence-corrected chi connectivity index (χ3v) is 3.66. The fourth-order valence-electron chi connectivity index (χ4n) is 1.77. The van der Waals surface area contributed by atoms with E-state index in [1.165, 1.54) is 0 Å². The van der Waals surface area contributed by atoms with Gasteiger partial charge in [0.05, 0.1) is 5.69 Å². The number of nitrogens with zero attached hydrogens (tertiary/aromatic N) is 3. The van der Waals surface area contributed by atoms with Crippen molar-refractivity contribution < 1.29 is 0 Å². The molecule has 3 N–H and O–H groups in total. The molecule has 5 nitrogen and oxygen atoms in total. The van der Waals surface area contributed by atoms with Crippen molar-refractivity contribution in [2.24, 2.45) is 11.7 Å². The van der Waals surface area contributed by atoms with Gasteiger partial charge in [-0.2, -0.15) is 0 Å². The molecular formula is C13H22ClN5. The van der Waals surface area contributed by atoms with Crippen LogP contribution in [0.2, 0.25) is 0 Å². The average molecular weight is 284 g/mol. The van der Waals surface area contributed by atoms with E-state index < -0.39 is 0 Å². The summed E-state index contributed by atoms with van der Waals surface area (Å²) in [6.07, 6.45) is 5.69. The zero-order chi connectivity index (χ0) is 13.2. The minimum atomic E-state index is -0.0662. The highest BCUT2D eigenvalue weighted by molar-refractivity contribution is 5.85. The van der Waals surface area contributed by atoms with Crippen molar-refractivity contribution in [1.82, 2.24) is 19.7 Å². The first-order valence-electron chi connectivity index (χ1n) is 6.29. The van der Waals surface area contributed by atoms with E-state index in [1.54, 1.807) is 6.20 Å². The van der Waals surface area contributed by atoms with Crippen LogP contribution in [0.3, 0.4) is 0 Å². The number of hydrogen-bond donors (Lipinski definition) is 2. The predicted molar refractivity (Wildman–Crippen MR) is 79.4 cm³/mol. The molecule has 2 rings (SSSR count). The largest absolute Gasteiger partial charge is 0.329 e. The Morgan fingerprint density at radius 1 is 1.47 bits per heavy atom. The van der Waals surface area contributed by atoms with Crippen LogP contribution in [-0.4, -0.2) is 26.5 Å². The molecule has 106 valence electrons. The van der Waals surface area contributed by atoms with Crippen LogP contribution in [0.1, 0.15) is 26.5 Å². The zero-order valence-electron chi connectivity index (χ0n) is 11.6. The van der Waals surface area contributed by atoms with E-state index in [1.807, 2.05) is 22.9 Å². The smallest absolute Gasteiger partial charge is 0.233 e. The van der Waals surface area contributed by atoms with Gasteiger partial charge >= 0.3 is 0 Å². The van der Waals surface area contributed by atoms with E-state index >= 15 is 0 Å². The number of imidazole rings is 1. The first-order chi connectivity index (χ1) is 8.55. The van der Waals surface area contributed by atoms with Crippen molar-refractivity contribution >= 4 is 18.2 Å². The predicted octanol–water partition coefficient (Wildman–Crippen LogP) is 1.61. The molecule has 0 saturated carbocycles. The summed E-state index contributed by atoms with van der Waals surface area (Å²) in [5, 5.41) is 3.49. The van der Waals surface area contributed by atoms with Crippen LogP contribution < -0.4 is 11.1 Å². The van der Waals surface area contributed by atoms with Crippen molar-refractivity contribution in [3.05, 3.63) is 30.4 Å². The Morgan fingerprint density at radius 2 is 2.21 bits per heavy atom. The second-order valence-corrected chi connectivity index (χ2v) is 5.19. The molecule has 0 aliphatic heterocycles. The van der Waals surface area contributed by atoms with Gasteiger partial charge < -0.3 is 11.1 Å². The number of halogens is 1. The summed E-state index contributed by atoms with van der Waals surface area (Å²) >= 11 is 0. The number of nitrogens with two attached hydrogens (primary N) is 1. The Balaban J connectivity index is 0.00000180. The lowest BCUT2D eigenvalue weighted by Gasteiger charge is -2.33. The summed E-state index contributed by atoms with van der Waals surface area (Å²) in [4.78, 5) is 8.66. The van der Waals surface area contributed by atoms with Gasteiger partial charge in [-0.15, -0.1) is 12.4 Å². The molecule has 0 aliphatic carbocycles. The van der Waals surface area contributed by atoms with Gasteiger partial charge in [0, 0.05) is 37.2 Å². The number of fused-ring (bicyclic) bond motifs is 1. The monoisotopic (exact) mass is 283 g/mol. The minimum absolute atomic E-state index is 0. The van der Waals surface area contributed by atoms with E-state index in [2.05, 4.69) is 36.1 Å². The van der Waals surface area contributed by atoms with Crippen molar-refractivity contribution in [2.45, 2.75) is 32.9 Å². The summed E-state index contributed by atoms with van der Waals surface area (Å²) in [6, 6.07) is 1.89. The van der Waals surface area contributed by atoms with Gasteiger partial charge in [0.25, 0.3) is 0 Å². The molecule has 0 radical (unpaired) electrons. The summed E-state index contributed by atoms with van der Waals surface area (Å²) in [5.74, 6) is 1.20. The molecule has 2 heterocycles. The summed E-state index contributed by atoms with van der Waals surface area (Å²) in [5.41, 5.74) is 6.76. The van der Waals surface area contributed by atoms with E-state index in [4.69, 9.17) is 5.73 Å². The maximum absolute atomic E-state index is 5.85. The second kappa shape index (κ2) is 6.32. The van der Waals surface area contributed by atoms with Gasteiger partial charge in [-0.25, -0.2) is 9.97 Å². The molecule has 2 aromatic heterocycles. The minimum Gasteiger partial charge on any atom is -0.329 e. The molecule has 1 unspecified atom stereocenters. The molecule has 0 saturated heterocycles. The van der Waals surface area contributed by atoms with Crippen LogP contribution in [0.4, 0.5) is 0 Å². The molecule has 0 bridgehead atoms. The van der Waals surface area contributed by atoms with Crippen molar-refractivity contribution in [2.75, 3.05) is 6.54 Å². The number of nitrogens with one attached hydrogen (secondary N) is 1. The van der Waals surface area contributed by atoms with Crippen molar-refractivity contribution in [3.63, 3.8) is 0 Å². The number of hydrogen-bond acceptors (Lipinski definition) is 4. The summed E-state index contributed by atoms with van der Waals surface area (Å²) in [6.45, 7) is 7.80. The number of rotatable bonds is 5. The fourth-order valence-corrected chi connectivity index (χ4v) is 1.77. The third kappa shape index (κ3) is 3.43. The molecule has 0 amide bonds. The molecule has 0 aliphatic rings. The Bertz CT molecular complexity index is 491. The van der Waals surface area contributed by atoms with E-state index in [0.717, 1.165) is 11.5 Å². The maximum Gasteiger partial charge on any atom is 0.233 e. The highest BCUT2D eigenvalue weighted by atomic mass is 35.5. The standard InChI is InChI=1S/C13H21N5.ClH/c1-10(2)13(3,9-14)16-7-11-8-18-6-4-5-15-12(18)17-11;/h4-6,8,10,16H,7,9,14H2,1-3H3;1H. The van der Waals surface area contributed by atoms with Gasteiger partial charge in [-0.05, 0) is 18.9 Å². The van der Waals surface area contributed by atoms with Crippen molar-refractivity contribution in [3.8, 4) is 0 Å². The van der Waals surface area contributed by atoms with Crippen LogP contribution >= 0.6 is 12.4 Å². The first kappa shape index (κ1) is 15.9. The second-order valence-electron chi connectivity index (χ2n) is 5.19. The van der Waals surface area contributed by atoms with Gasteiger partial charge in [0.1, 0.15) is 0 Å². The quantitative estimate of drug-likeness (QED) is 0.875. The molecule has 0 spiro atoms. The molecule has 1 atom stereocenters. The molecule has 19 heavy (non-hydrogen) atoms. The molecular weight excluding hydrogens is 262 g/mol. The Morgan fingerprint density at radius 3 is 2.79 bits per heavy atom. The lowest BCUT2D eigenvalue weighted by Crippen LogP contribution is -2.52. The van der Waals surface area contributed by atoms with Gasteiger partial charge in [-0.3, -0.25) is 4.40 Å². The lowest BCUT2D eigenvalue weighted by molar-refractivity contribution is 0.266. The van der Waals surface area contributed by atoms with E-state index in [0.29, 0.717) is 19.0 Å². The Hall–Kier alpha value is -1.17. The molecule has 2 aromatic rings. The van der Waals surface area contributed by atoms with Crippen molar-refractivity contribution in [1.29, 1.82) is 0 Å². The number of aromatic nitrogens is 3. The lowest BCUT2D eigenvalue weighted by atomic mass is 9.88. The van der Waals surface area contributed by atoms with Gasteiger partial charge in [0.15, 0.2) is 0 Å². The topological polar surface area (TPSA) is 68.2 Å². The molecule has 0 aromatic carbocycles. The van der Waals surface area contributed by atoms with Crippen LogP contribution in [0.25, 0.3) is 5.78 Å².